The van der Waals surface area contributed by atoms with E-state index in [2.05, 4.69) is 0 Å². The molecule has 0 spiro atoms. The molecule has 9 heteroatoms. The summed E-state index contributed by atoms with van der Waals surface area (Å²) < 4.78 is 42.9. The molecule has 1 unspecified atom stereocenters. The maximum atomic E-state index is 14.6. The van der Waals surface area contributed by atoms with Crippen molar-refractivity contribution in [2.75, 3.05) is 0 Å². The summed E-state index contributed by atoms with van der Waals surface area (Å²) in [6.45, 7) is 0.623. The van der Waals surface area contributed by atoms with Gasteiger partial charge in [0.2, 0.25) is 0 Å². The molecule has 144 valence electrons. The first-order chi connectivity index (χ1) is 12.4. The molecule has 0 aliphatic carbocycles. The second-order valence-electron chi connectivity index (χ2n) is 5.75. The van der Waals surface area contributed by atoms with E-state index in [1.165, 1.54) is 12.1 Å². The summed E-state index contributed by atoms with van der Waals surface area (Å²) in [7, 11) is 0. The van der Waals surface area contributed by atoms with E-state index in [9.17, 15) is 18.0 Å². The first kappa shape index (κ1) is 21.9. The molecule has 0 saturated carbocycles. The first-order valence-electron chi connectivity index (χ1n) is 7.34. The molecule has 0 radical (unpaired) electrons. The van der Waals surface area contributed by atoms with Crippen LogP contribution in [-0.4, -0.2) is 17.0 Å². The van der Waals surface area contributed by atoms with Crippen LogP contribution in [0.25, 0.3) is 5.83 Å². The third kappa shape index (κ3) is 5.11. The van der Waals surface area contributed by atoms with Gasteiger partial charge < -0.3 is 5.11 Å². The molecule has 2 rings (SSSR count). The van der Waals surface area contributed by atoms with Gasteiger partial charge in [0, 0.05) is 12.5 Å². The lowest BCUT2D eigenvalue weighted by atomic mass is 9.92. The number of carboxylic acid groups (broad SMARTS) is 1. The van der Waals surface area contributed by atoms with Crippen LogP contribution in [0, 0.1) is 0 Å². The summed E-state index contributed by atoms with van der Waals surface area (Å²) in [6, 6.07) is 5.63. The van der Waals surface area contributed by atoms with Crippen molar-refractivity contribution in [2.45, 2.75) is 18.8 Å². The normalized spacial score (nSPS) is 13.6. The minimum Gasteiger partial charge on any atom is -0.478 e. The lowest BCUT2D eigenvalue weighted by molar-refractivity contribution is 0.00668. The predicted molar refractivity (Wildman–Crippen MR) is 102 cm³/mol. The molecule has 0 saturated heterocycles. The van der Waals surface area contributed by atoms with E-state index >= 15 is 0 Å². The van der Waals surface area contributed by atoms with Crippen LogP contribution < -0.4 is 0 Å². The fraction of sp³-hybridized carbons (Fsp3) is 0.167. The largest absolute Gasteiger partial charge is 0.478 e. The van der Waals surface area contributed by atoms with Gasteiger partial charge in [-0.25, -0.2) is 18.0 Å². The average molecular weight is 458 g/mol. The molecular weight excluding hydrogens is 447 g/mol. The Kier molecular flexibility index (Phi) is 6.74. The number of hydrogen-bond acceptors (Lipinski definition) is 1. The van der Waals surface area contributed by atoms with Gasteiger partial charge >= 0.3 is 5.97 Å². The fourth-order valence-electron chi connectivity index (χ4n) is 2.37. The highest BCUT2D eigenvalue weighted by Gasteiger charge is 2.35. The smallest absolute Gasteiger partial charge is 0.337 e. The van der Waals surface area contributed by atoms with Crippen molar-refractivity contribution in [3.05, 3.63) is 73.2 Å². The second kappa shape index (κ2) is 8.31. The summed E-state index contributed by atoms with van der Waals surface area (Å²) in [6.07, 6.45) is 0.696. The zero-order valence-corrected chi connectivity index (χ0v) is 16.6. The Hall–Kier alpha value is -1.40. The van der Waals surface area contributed by atoms with E-state index < -0.39 is 23.6 Å². The zero-order valence-electron chi connectivity index (χ0n) is 13.5. The number of allylic oxidation sites excluding steroid dienone is 1. The van der Waals surface area contributed by atoms with Gasteiger partial charge in [-0.1, -0.05) is 52.5 Å². The molecule has 0 aliphatic rings. The summed E-state index contributed by atoms with van der Waals surface area (Å²) in [5.74, 6) is -7.37. The van der Waals surface area contributed by atoms with Crippen LogP contribution in [0.1, 0.15) is 34.3 Å². The Bertz CT molecular complexity index is 900. The third-order valence-electron chi connectivity index (χ3n) is 3.70. The number of hydrogen-bond donors (Lipinski definition) is 1. The molecule has 0 amide bonds. The molecule has 27 heavy (non-hydrogen) atoms. The zero-order chi connectivity index (χ0) is 20.5. The molecule has 1 atom stereocenters. The topological polar surface area (TPSA) is 37.3 Å². The van der Waals surface area contributed by atoms with Crippen molar-refractivity contribution in [2.24, 2.45) is 0 Å². The molecular formula is C18H11Cl4F3O2. The van der Waals surface area contributed by atoms with Gasteiger partial charge in [0.15, 0.2) is 0 Å². The summed E-state index contributed by atoms with van der Waals surface area (Å²) in [5, 5.41) is 8.63. The van der Waals surface area contributed by atoms with Crippen LogP contribution >= 0.6 is 46.4 Å². The number of halogens is 7. The number of carboxylic acids is 1. The molecule has 2 aromatic carbocycles. The van der Waals surface area contributed by atoms with Crippen molar-refractivity contribution in [1.82, 2.24) is 0 Å². The summed E-state index contributed by atoms with van der Waals surface area (Å²) in [5.41, 5.74) is -0.419. The van der Waals surface area contributed by atoms with E-state index in [1.54, 1.807) is 0 Å². The molecule has 2 nitrogen and oxygen atoms in total. The highest BCUT2D eigenvalue weighted by molar-refractivity contribution is 6.48. The quantitative estimate of drug-likeness (QED) is 0.466. The van der Waals surface area contributed by atoms with Crippen LogP contribution in [0.2, 0.25) is 20.1 Å². The number of aromatic carboxylic acids is 1. The predicted octanol–water partition coefficient (Wildman–Crippen LogP) is 7.75. The fourth-order valence-corrected chi connectivity index (χ4v) is 3.24. The van der Waals surface area contributed by atoms with Crippen molar-refractivity contribution >= 4 is 58.2 Å². The monoisotopic (exact) mass is 456 g/mol. The molecule has 2 aromatic rings. The van der Waals surface area contributed by atoms with Gasteiger partial charge in [0.05, 0.1) is 31.6 Å². The van der Waals surface area contributed by atoms with E-state index in [1.807, 2.05) is 0 Å². The van der Waals surface area contributed by atoms with Crippen molar-refractivity contribution in [3.8, 4) is 0 Å². The van der Waals surface area contributed by atoms with Gasteiger partial charge in [0.1, 0.15) is 5.83 Å². The first-order valence-corrected chi connectivity index (χ1v) is 8.85. The molecule has 0 heterocycles. The van der Waals surface area contributed by atoms with Crippen molar-refractivity contribution < 1.29 is 23.1 Å². The molecule has 1 N–H and O–H groups in total. The molecule has 0 aromatic heterocycles. The highest BCUT2D eigenvalue weighted by atomic mass is 35.5. The number of rotatable bonds is 5. The Morgan fingerprint density at radius 1 is 1.07 bits per heavy atom. The van der Waals surface area contributed by atoms with Crippen LogP contribution in [0.5, 0.6) is 0 Å². The maximum Gasteiger partial charge on any atom is 0.337 e. The lowest BCUT2D eigenvalue weighted by Gasteiger charge is -2.22. The minimum absolute atomic E-state index is 0.000690. The Labute approximate surface area is 173 Å². The van der Waals surface area contributed by atoms with E-state index in [0.29, 0.717) is 13.0 Å². The van der Waals surface area contributed by atoms with E-state index in [4.69, 9.17) is 51.5 Å². The highest BCUT2D eigenvalue weighted by Crippen LogP contribution is 2.41. The number of carbonyl (C=O) groups is 1. The van der Waals surface area contributed by atoms with Gasteiger partial charge in [-0.2, -0.15) is 0 Å². The lowest BCUT2D eigenvalue weighted by Crippen LogP contribution is -2.21. The van der Waals surface area contributed by atoms with Crippen LogP contribution in [-0.2, 0) is 0 Å². The maximum absolute atomic E-state index is 14.6. The van der Waals surface area contributed by atoms with Crippen molar-refractivity contribution in [1.29, 1.82) is 0 Å². The Morgan fingerprint density at radius 3 is 2.07 bits per heavy atom. The van der Waals surface area contributed by atoms with Crippen LogP contribution in [0.3, 0.4) is 0 Å². The number of benzene rings is 2. The summed E-state index contributed by atoms with van der Waals surface area (Å²) in [4.78, 5) is 11.0. The van der Waals surface area contributed by atoms with Crippen LogP contribution in [0.4, 0.5) is 13.2 Å². The molecule has 0 fully saturated rings. The standard InChI is InChI=1S/C18H11Cl4F3O2/c1-18(24,25)11(9-5-13(20)16(22)14(21)6-9)7-15(23)8-2-3-10(17(26)27)12(19)4-8/h2-7,11H,1H3,(H,26,27). The average Bonchev–Trinajstić information content (AvgIpc) is 2.55. The van der Waals surface area contributed by atoms with Crippen molar-refractivity contribution in [3.63, 3.8) is 0 Å². The third-order valence-corrected chi connectivity index (χ3v) is 5.21. The second-order valence-corrected chi connectivity index (χ2v) is 7.35. The molecule has 0 aliphatic heterocycles. The minimum atomic E-state index is -3.36. The van der Waals surface area contributed by atoms with Gasteiger partial charge in [0.25, 0.3) is 5.92 Å². The summed E-state index contributed by atoms with van der Waals surface area (Å²) >= 11 is 23.4. The van der Waals surface area contributed by atoms with Gasteiger partial charge in [-0.3, -0.25) is 0 Å². The van der Waals surface area contributed by atoms with E-state index in [-0.39, 0.29) is 36.8 Å². The van der Waals surface area contributed by atoms with E-state index in [0.717, 1.165) is 18.2 Å². The van der Waals surface area contributed by atoms with Gasteiger partial charge in [-0.05, 0) is 35.9 Å². The number of alkyl halides is 2. The van der Waals surface area contributed by atoms with Gasteiger partial charge in [-0.15, -0.1) is 0 Å². The Morgan fingerprint density at radius 2 is 1.63 bits per heavy atom. The molecule has 0 bridgehead atoms. The van der Waals surface area contributed by atoms with Crippen LogP contribution in [0.15, 0.2) is 36.4 Å². The Balaban J connectivity index is 2.53. The SMILES string of the molecule is CC(F)(F)C(C=C(F)c1ccc(C(=O)O)c(Cl)c1)c1cc(Cl)c(Cl)c(Cl)c1.